The van der Waals surface area contributed by atoms with Gasteiger partial charge in [0.05, 0.1) is 15.6 Å². The van der Waals surface area contributed by atoms with Crippen LogP contribution in [0.1, 0.15) is 17.3 Å². The molecule has 2 aromatic carbocycles. The van der Waals surface area contributed by atoms with Crippen molar-refractivity contribution in [3.8, 4) is 11.5 Å². The van der Waals surface area contributed by atoms with E-state index in [9.17, 15) is 9.18 Å². The molecule has 0 radical (unpaired) electrons. The molecule has 0 aromatic heterocycles. The first-order chi connectivity index (χ1) is 9.38. The van der Waals surface area contributed by atoms with Gasteiger partial charge in [-0.1, -0.05) is 23.2 Å². The maximum atomic E-state index is 13.2. The summed E-state index contributed by atoms with van der Waals surface area (Å²) in [6.45, 7) is 1.33. The van der Waals surface area contributed by atoms with Crippen LogP contribution in [0, 0.1) is 5.82 Å². The SMILES string of the molecule is CC(=O)c1cc(F)ccc1Oc1cc(Cl)c(Br)cc1Cl. The number of rotatable bonds is 3. The molecule has 0 aliphatic heterocycles. The number of carbonyl (C=O) groups is 1. The summed E-state index contributed by atoms with van der Waals surface area (Å²) in [5.74, 6) is -0.311. The third-order valence-corrected chi connectivity index (χ3v) is 4.01. The van der Waals surface area contributed by atoms with Crippen LogP contribution in [-0.4, -0.2) is 5.78 Å². The van der Waals surface area contributed by atoms with Gasteiger partial charge in [-0.25, -0.2) is 4.39 Å². The molecule has 20 heavy (non-hydrogen) atoms. The minimum atomic E-state index is -0.512. The maximum Gasteiger partial charge on any atom is 0.163 e. The molecule has 104 valence electrons. The van der Waals surface area contributed by atoms with Crippen LogP contribution in [0.4, 0.5) is 4.39 Å². The molecule has 0 aliphatic rings. The average Bonchev–Trinajstić information content (AvgIpc) is 2.37. The molecule has 0 bridgehead atoms. The molecular formula is C14H8BrCl2FO2. The Bertz CT molecular complexity index is 689. The van der Waals surface area contributed by atoms with Crippen molar-refractivity contribution >= 4 is 44.9 Å². The minimum Gasteiger partial charge on any atom is -0.455 e. The molecule has 2 rings (SSSR count). The molecule has 0 spiro atoms. The molecule has 6 heteroatoms. The molecule has 0 N–H and O–H groups in total. The van der Waals surface area contributed by atoms with Crippen molar-refractivity contribution in [2.75, 3.05) is 0 Å². The highest BCUT2D eigenvalue weighted by atomic mass is 79.9. The van der Waals surface area contributed by atoms with E-state index in [1.54, 1.807) is 6.07 Å². The lowest BCUT2D eigenvalue weighted by Gasteiger charge is -2.11. The summed E-state index contributed by atoms with van der Waals surface area (Å²) >= 11 is 15.2. The first kappa shape index (κ1) is 15.3. The third-order valence-electron chi connectivity index (χ3n) is 2.52. The molecule has 0 saturated heterocycles. The number of halogens is 4. The summed E-state index contributed by atoms with van der Waals surface area (Å²) in [5.41, 5.74) is 0.139. The van der Waals surface area contributed by atoms with Crippen LogP contribution in [0.5, 0.6) is 11.5 Å². The molecule has 0 saturated carbocycles. The van der Waals surface area contributed by atoms with Crippen molar-refractivity contribution in [2.24, 2.45) is 0 Å². The second-order valence-corrected chi connectivity index (χ2v) is 5.66. The molecular weight excluding hydrogens is 370 g/mol. The maximum absolute atomic E-state index is 13.2. The quantitative estimate of drug-likeness (QED) is 0.492. The number of carbonyl (C=O) groups excluding carboxylic acids is 1. The third kappa shape index (κ3) is 3.32. The van der Waals surface area contributed by atoms with Crippen molar-refractivity contribution in [3.63, 3.8) is 0 Å². The van der Waals surface area contributed by atoms with Gasteiger partial charge >= 0.3 is 0 Å². The predicted molar refractivity (Wildman–Crippen MR) is 80.6 cm³/mol. The van der Waals surface area contributed by atoms with Gasteiger partial charge in [-0.3, -0.25) is 4.79 Å². The van der Waals surface area contributed by atoms with Gasteiger partial charge in [-0.15, -0.1) is 0 Å². The Morgan fingerprint density at radius 3 is 2.50 bits per heavy atom. The normalized spacial score (nSPS) is 10.4. The Labute approximate surface area is 133 Å². The van der Waals surface area contributed by atoms with E-state index < -0.39 is 5.82 Å². The number of Topliss-reactive ketones (excluding diaryl/α,β-unsaturated/α-hetero) is 1. The van der Waals surface area contributed by atoms with Crippen molar-refractivity contribution in [3.05, 3.63) is 56.2 Å². The van der Waals surface area contributed by atoms with Gasteiger partial charge in [0.15, 0.2) is 5.78 Å². The van der Waals surface area contributed by atoms with E-state index in [-0.39, 0.29) is 22.8 Å². The summed E-state index contributed by atoms with van der Waals surface area (Å²) in [6, 6.07) is 6.79. The highest BCUT2D eigenvalue weighted by molar-refractivity contribution is 9.10. The van der Waals surface area contributed by atoms with E-state index in [1.807, 2.05) is 0 Å². The van der Waals surface area contributed by atoms with Crippen molar-refractivity contribution in [1.29, 1.82) is 0 Å². The molecule has 0 fully saturated rings. The number of ether oxygens (including phenoxy) is 1. The van der Waals surface area contributed by atoms with Crippen LogP contribution in [0.25, 0.3) is 0 Å². The monoisotopic (exact) mass is 376 g/mol. The van der Waals surface area contributed by atoms with Gasteiger partial charge in [-0.2, -0.15) is 0 Å². The minimum absolute atomic E-state index is 0.139. The first-order valence-corrected chi connectivity index (χ1v) is 7.06. The predicted octanol–water partition coefficient (Wildman–Crippen LogP) is 5.89. The first-order valence-electron chi connectivity index (χ1n) is 5.51. The second kappa shape index (κ2) is 6.12. The Hall–Kier alpha value is -1.10. The molecule has 0 amide bonds. The van der Waals surface area contributed by atoms with E-state index in [1.165, 1.54) is 25.1 Å². The highest BCUT2D eigenvalue weighted by Crippen LogP contribution is 2.37. The summed E-state index contributed by atoms with van der Waals surface area (Å²) in [7, 11) is 0. The zero-order valence-corrected chi connectivity index (χ0v) is 13.3. The number of hydrogen-bond donors (Lipinski definition) is 0. The molecule has 0 unspecified atom stereocenters. The van der Waals surface area contributed by atoms with Crippen LogP contribution >= 0.6 is 39.1 Å². The fourth-order valence-corrected chi connectivity index (χ4v) is 2.40. The van der Waals surface area contributed by atoms with Gasteiger partial charge in [0.2, 0.25) is 0 Å². The molecule has 0 heterocycles. The smallest absolute Gasteiger partial charge is 0.163 e. The zero-order valence-electron chi connectivity index (χ0n) is 10.2. The van der Waals surface area contributed by atoms with Gasteiger partial charge in [0, 0.05) is 10.5 Å². The lowest BCUT2D eigenvalue weighted by Crippen LogP contribution is -1.98. The zero-order chi connectivity index (χ0) is 14.9. The van der Waals surface area contributed by atoms with Crippen LogP contribution in [0.3, 0.4) is 0 Å². The fourth-order valence-electron chi connectivity index (χ4n) is 1.57. The van der Waals surface area contributed by atoms with Gasteiger partial charge in [-0.05, 0) is 47.1 Å². The number of hydrogen-bond acceptors (Lipinski definition) is 2. The average molecular weight is 378 g/mol. The van der Waals surface area contributed by atoms with Gasteiger partial charge in [0.1, 0.15) is 17.3 Å². The number of benzene rings is 2. The Morgan fingerprint density at radius 2 is 1.85 bits per heavy atom. The van der Waals surface area contributed by atoms with E-state index in [4.69, 9.17) is 27.9 Å². The Balaban J connectivity index is 2.45. The molecule has 2 aromatic rings. The van der Waals surface area contributed by atoms with Gasteiger partial charge < -0.3 is 4.74 Å². The lowest BCUT2D eigenvalue weighted by atomic mass is 10.1. The topological polar surface area (TPSA) is 26.3 Å². The number of ketones is 1. The van der Waals surface area contributed by atoms with Crippen molar-refractivity contribution < 1.29 is 13.9 Å². The summed E-state index contributed by atoms with van der Waals surface area (Å²) in [4.78, 5) is 11.5. The van der Waals surface area contributed by atoms with Gasteiger partial charge in [0.25, 0.3) is 0 Å². The van der Waals surface area contributed by atoms with Crippen LogP contribution in [0.15, 0.2) is 34.8 Å². The van der Waals surface area contributed by atoms with E-state index in [0.717, 1.165) is 6.07 Å². The molecule has 0 atom stereocenters. The molecule has 0 aliphatic carbocycles. The van der Waals surface area contributed by atoms with E-state index in [2.05, 4.69) is 15.9 Å². The van der Waals surface area contributed by atoms with E-state index in [0.29, 0.717) is 14.5 Å². The summed E-state index contributed by atoms with van der Waals surface area (Å²) in [5, 5.41) is 0.732. The van der Waals surface area contributed by atoms with Crippen LogP contribution in [-0.2, 0) is 0 Å². The second-order valence-electron chi connectivity index (χ2n) is 4.00. The Morgan fingerprint density at radius 1 is 1.15 bits per heavy atom. The lowest BCUT2D eigenvalue weighted by molar-refractivity contribution is 0.101. The summed E-state index contributed by atoms with van der Waals surface area (Å²) < 4.78 is 19.4. The van der Waals surface area contributed by atoms with Crippen LogP contribution in [0.2, 0.25) is 10.0 Å². The van der Waals surface area contributed by atoms with Crippen LogP contribution < -0.4 is 4.74 Å². The Kier molecular flexibility index (Phi) is 4.68. The van der Waals surface area contributed by atoms with Crippen molar-refractivity contribution in [1.82, 2.24) is 0 Å². The fraction of sp³-hybridized carbons (Fsp3) is 0.0714. The highest BCUT2D eigenvalue weighted by Gasteiger charge is 2.13. The largest absolute Gasteiger partial charge is 0.455 e. The van der Waals surface area contributed by atoms with E-state index >= 15 is 0 Å². The standard InChI is InChI=1S/C14H8BrCl2FO2/c1-7(19)9-4-8(18)2-3-13(9)20-14-6-11(16)10(15)5-12(14)17/h2-6H,1H3. The summed E-state index contributed by atoms with van der Waals surface area (Å²) in [6.07, 6.45) is 0. The molecule has 2 nitrogen and oxygen atoms in total. The van der Waals surface area contributed by atoms with Crippen molar-refractivity contribution in [2.45, 2.75) is 6.92 Å².